The van der Waals surface area contributed by atoms with Crippen LogP contribution in [0.15, 0.2) is 34.2 Å². The van der Waals surface area contributed by atoms with Gasteiger partial charge < -0.3 is 26.2 Å². The van der Waals surface area contributed by atoms with Crippen LogP contribution in [-0.4, -0.2) is 49.1 Å². The number of H-pyrrole nitrogens is 1. The van der Waals surface area contributed by atoms with E-state index >= 15 is 0 Å². The van der Waals surface area contributed by atoms with Gasteiger partial charge in [0.15, 0.2) is 0 Å². The SMILES string of the molecule is Cc1nc(N)c2c(C)c(Sc3ccc(C(=O)N[C@@H](CCC(=O)O)C(=O)O)cc3)[nH]c2n1. The third-order valence-corrected chi connectivity index (χ3v) is 5.70. The summed E-state index contributed by atoms with van der Waals surface area (Å²) in [7, 11) is 0. The first-order chi connectivity index (χ1) is 14.7. The van der Waals surface area contributed by atoms with E-state index < -0.39 is 23.9 Å². The van der Waals surface area contributed by atoms with Crippen LogP contribution in [-0.2, 0) is 9.59 Å². The Labute approximate surface area is 181 Å². The lowest BCUT2D eigenvalue weighted by Crippen LogP contribution is -2.41. The van der Waals surface area contributed by atoms with Crippen LogP contribution in [0.25, 0.3) is 11.0 Å². The molecule has 3 aromatic rings. The Hall–Kier alpha value is -3.60. The first-order valence-electron chi connectivity index (χ1n) is 9.31. The van der Waals surface area contributed by atoms with E-state index in [-0.39, 0.29) is 18.4 Å². The number of rotatable bonds is 8. The number of aromatic nitrogens is 3. The highest BCUT2D eigenvalue weighted by atomic mass is 32.2. The number of hydrogen-bond acceptors (Lipinski definition) is 7. The second kappa shape index (κ2) is 9.04. The summed E-state index contributed by atoms with van der Waals surface area (Å²) < 4.78 is 0. The Kier molecular flexibility index (Phi) is 6.44. The molecule has 2 heterocycles. The van der Waals surface area contributed by atoms with E-state index in [1.165, 1.54) is 11.8 Å². The number of carbonyl (C=O) groups excluding carboxylic acids is 1. The van der Waals surface area contributed by atoms with Crippen molar-refractivity contribution in [1.29, 1.82) is 0 Å². The number of nitrogens with two attached hydrogens (primary N) is 1. The number of anilines is 1. The van der Waals surface area contributed by atoms with Crippen LogP contribution in [0.1, 0.15) is 34.6 Å². The Morgan fingerprint density at radius 1 is 1.16 bits per heavy atom. The second-order valence-corrected chi connectivity index (χ2v) is 7.97. The average molecular weight is 443 g/mol. The first-order valence-corrected chi connectivity index (χ1v) is 10.1. The third kappa shape index (κ3) is 5.12. The molecule has 31 heavy (non-hydrogen) atoms. The highest BCUT2D eigenvalue weighted by Crippen LogP contribution is 2.35. The van der Waals surface area contributed by atoms with E-state index in [9.17, 15) is 19.5 Å². The number of carboxylic acid groups (broad SMARTS) is 2. The first kappa shape index (κ1) is 22.1. The molecule has 0 saturated heterocycles. The molecule has 0 spiro atoms. The Balaban J connectivity index is 1.73. The largest absolute Gasteiger partial charge is 0.481 e. The molecule has 162 valence electrons. The van der Waals surface area contributed by atoms with E-state index in [2.05, 4.69) is 20.3 Å². The van der Waals surface area contributed by atoms with Crippen LogP contribution in [0.4, 0.5) is 5.82 Å². The Morgan fingerprint density at radius 3 is 2.45 bits per heavy atom. The standard InChI is InChI=1S/C20H21N5O5S/c1-9-15-16(21)22-10(2)23-17(15)25-19(9)31-12-5-3-11(4-6-12)18(28)24-13(20(29)30)7-8-14(26)27/h3-6,13H,7-8H2,1-2H3,(H,24,28)(H,26,27)(H,29,30)(H3,21,22,23,25)/t13-/m0/s1. The van der Waals surface area contributed by atoms with E-state index in [1.54, 1.807) is 31.2 Å². The third-order valence-electron chi connectivity index (χ3n) is 4.58. The van der Waals surface area contributed by atoms with Crippen LogP contribution >= 0.6 is 11.8 Å². The minimum Gasteiger partial charge on any atom is -0.481 e. The molecule has 3 rings (SSSR count). The smallest absolute Gasteiger partial charge is 0.326 e. The molecule has 0 aliphatic carbocycles. The molecule has 11 heteroatoms. The summed E-state index contributed by atoms with van der Waals surface area (Å²) in [5.41, 5.74) is 7.86. The second-order valence-electron chi connectivity index (χ2n) is 6.88. The normalized spacial score (nSPS) is 11.9. The molecule has 0 aliphatic heterocycles. The maximum absolute atomic E-state index is 12.4. The quantitative estimate of drug-likeness (QED) is 0.350. The van der Waals surface area contributed by atoms with Gasteiger partial charge in [-0.1, -0.05) is 11.8 Å². The lowest BCUT2D eigenvalue weighted by atomic mass is 10.1. The van der Waals surface area contributed by atoms with Crippen molar-refractivity contribution in [1.82, 2.24) is 20.3 Å². The molecule has 1 aromatic carbocycles. The van der Waals surface area contributed by atoms with E-state index in [0.29, 0.717) is 17.3 Å². The number of amides is 1. The van der Waals surface area contributed by atoms with Crippen molar-refractivity contribution in [2.24, 2.45) is 0 Å². The molecular formula is C20H21N5O5S. The number of fused-ring (bicyclic) bond motifs is 1. The molecule has 1 amide bonds. The molecule has 0 fully saturated rings. The van der Waals surface area contributed by atoms with Gasteiger partial charge in [-0.2, -0.15) is 0 Å². The van der Waals surface area contributed by atoms with E-state index in [1.807, 2.05) is 6.92 Å². The summed E-state index contributed by atoms with van der Waals surface area (Å²) >= 11 is 1.44. The van der Waals surface area contributed by atoms with Crippen LogP contribution in [0.2, 0.25) is 0 Å². The van der Waals surface area contributed by atoms with Gasteiger partial charge in [-0.25, -0.2) is 14.8 Å². The molecule has 0 saturated carbocycles. The van der Waals surface area contributed by atoms with Gasteiger partial charge in [0.05, 0.1) is 10.4 Å². The average Bonchev–Trinajstić information content (AvgIpc) is 3.00. The van der Waals surface area contributed by atoms with Crippen molar-refractivity contribution >= 4 is 46.5 Å². The van der Waals surface area contributed by atoms with E-state index in [4.69, 9.17) is 10.8 Å². The number of carboxylic acids is 2. The zero-order valence-corrected chi connectivity index (χ0v) is 17.6. The number of nitrogen functional groups attached to an aromatic ring is 1. The van der Waals surface area contributed by atoms with Gasteiger partial charge in [0, 0.05) is 16.9 Å². The van der Waals surface area contributed by atoms with Crippen molar-refractivity contribution in [3.8, 4) is 0 Å². The lowest BCUT2D eigenvalue weighted by molar-refractivity contribution is -0.140. The number of carbonyl (C=O) groups is 3. The maximum atomic E-state index is 12.4. The van der Waals surface area contributed by atoms with Gasteiger partial charge in [0.1, 0.15) is 23.3 Å². The minimum absolute atomic E-state index is 0.199. The van der Waals surface area contributed by atoms with Gasteiger partial charge >= 0.3 is 11.9 Å². The molecule has 0 radical (unpaired) electrons. The molecule has 1 atom stereocenters. The fraction of sp³-hybridized carbons (Fsp3) is 0.250. The molecule has 0 bridgehead atoms. The molecular weight excluding hydrogens is 422 g/mol. The summed E-state index contributed by atoms with van der Waals surface area (Å²) in [5, 5.41) is 21.9. The predicted molar refractivity (Wildman–Crippen MR) is 114 cm³/mol. The molecule has 0 aliphatic rings. The number of nitrogens with zero attached hydrogens (tertiary/aromatic N) is 2. The fourth-order valence-electron chi connectivity index (χ4n) is 3.03. The molecule has 10 nitrogen and oxygen atoms in total. The number of aromatic amines is 1. The maximum Gasteiger partial charge on any atom is 0.326 e. The molecule has 0 unspecified atom stereocenters. The van der Waals surface area contributed by atoms with Gasteiger partial charge in [-0.3, -0.25) is 9.59 Å². The summed E-state index contributed by atoms with van der Waals surface area (Å²) in [6.45, 7) is 3.68. The highest BCUT2D eigenvalue weighted by Gasteiger charge is 2.21. The predicted octanol–water partition coefficient (Wildman–Crippen LogP) is 2.36. The van der Waals surface area contributed by atoms with Gasteiger partial charge in [0.25, 0.3) is 5.91 Å². The van der Waals surface area contributed by atoms with Gasteiger partial charge in [-0.15, -0.1) is 0 Å². The number of aryl methyl sites for hydroxylation is 2. The van der Waals surface area contributed by atoms with Crippen molar-refractivity contribution in [3.63, 3.8) is 0 Å². The number of aliphatic carboxylic acids is 2. The van der Waals surface area contributed by atoms with Crippen molar-refractivity contribution < 1.29 is 24.6 Å². The lowest BCUT2D eigenvalue weighted by Gasteiger charge is -2.13. The van der Waals surface area contributed by atoms with Crippen LogP contribution < -0.4 is 11.1 Å². The Morgan fingerprint density at radius 2 is 1.84 bits per heavy atom. The summed E-state index contributed by atoms with van der Waals surface area (Å²) in [4.78, 5) is 46.9. The van der Waals surface area contributed by atoms with Crippen molar-refractivity contribution in [3.05, 3.63) is 41.2 Å². The number of benzene rings is 1. The summed E-state index contributed by atoms with van der Waals surface area (Å²) in [6.07, 6.45) is -0.555. The zero-order valence-electron chi connectivity index (χ0n) is 16.8. The number of nitrogens with one attached hydrogen (secondary N) is 2. The van der Waals surface area contributed by atoms with Crippen molar-refractivity contribution in [2.75, 3.05) is 5.73 Å². The summed E-state index contributed by atoms with van der Waals surface area (Å²) in [5.74, 6) is -2.02. The monoisotopic (exact) mass is 443 g/mol. The summed E-state index contributed by atoms with van der Waals surface area (Å²) in [6, 6.07) is 5.34. The Bertz CT molecular complexity index is 1160. The topological polar surface area (TPSA) is 171 Å². The van der Waals surface area contributed by atoms with Gasteiger partial charge in [-0.05, 0) is 50.1 Å². The van der Waals surface area contributed by atoms with E-state index in [0.717, 1.165) is 20.9 Å². The zero-order chi connectivity index (χ0) is 22.7. The number of hydrogen-bond donors (Lipinski definition) is 5. The molecule has 6 N–H and O–H groups in total. The van der Waals surface area contributed by atoms with Crippen molar-refractivity contribution in [2.45, 2.75) is 42.7 Å². The fourth-order valence-corrected chi connectivity index (χ4v) is 3.94. The van der Waals surface area contributed by atoms with Crippen LogP contribution in [0, 0.1) is 13.8 Å². The minimum atomic E-state index is -1.28. The van der Waals surface area contributed by atoms with Gasteiger partial charge in [0.2, 0.25) is 0 Å². The van der Waals surface area contributed by atoms with Crippen LogP contribution in [0.3, 0.4) is 0 Å². The molecule has 2 aromatic heterocycles. The highest BCUT2D eigenvalue weighted by molar-refractivity contribution is 7.99. The van der Waals surface area contributed by atoms with Crippen LogP contribution in [0.5, 0.6) is 0 Å².